The Kier molecular flexibility index (Phi) is 6.99. The zero-order chi connectivity index (χ0) is 20.6. The average Bonchev–Trinajstić information content (AvgIpc) is 3.37. The van der Waals surface area contributed by atoms with Crippen LogP contribution in [0.15, 0.2) is 46.0 Å². The average molecular weight is 398 g/mol. The lowest BCUT2D eigenvalue weighted by Crippen LogP contribution is -2.38. The Morgan fingerprint density at radius 1 is 1.14 bits per heavy atom. The van der Waals surface area contributed by atoms with Gasteiger partial charge in [0.2, 0.25) is 0 Å². The number of nitrogens with zero attached hydrogens (tertiary/aromatic N) is 4. The second-order valence-corrected chi connectivity index (χ2v) is 6.57. The second kappa shape index (κ2) is 9.86. The molecule has 154 valence electrons. The maximum absolute atomic E-state index is 13.1. The molecular weight excluding hydrogens is 371 g/mol. The van der Waals surface area contributed by atoms with Gasteiger partial charge in [0, 0.05) is 44.7 Å². The Bertz CT molecular complexity index is 923. The Balaban J connectivity index is 1.50. The third-order valence-electron chi connectivity index (χ3n) is 4.67. The molecule has 0 aliphatic rings. The lowest BCUT2D eigenvalue weighted by molar-refractivity contribution is 0.380. The highest BCUT2D eigenvalue weighted by Gasteiger charge is 2.13. The quantitative estimate of drug-likeness (QED) is 0.450. The minimum absolute atomic E-state index is 0.257. The van der Waals surface area contributed by atoms with Crippen LogP contribution in [0.4, 0.5) is 4.39 Å². The Hall–Kier alpha value is -3.16. The van der Waals surface area contributed by atoms with Gasteiger partial charge in [0.05, 0.1) is 17.1 Å². The van der Waals surface area contributed by atoms with E-state index < -0.39 is 0 Å². The second-order valence-electron chi connectivity index (χ2n) is 6.57. The van der Waals surface area contributed by atoms with Crippen LogP contribution in [0.5, 0.6) is 0 Å². The number of guanidine groups is 1. The largest absolute Gasteiger partial charge is 0.361 e. The number of benzene rings is 1. The van der Waals surface area contributed by atoms with E-state index >= 15 is 0 Å². The summed E-state index contributed by atoms with van der Waals surface area (Å²) in [5.41, 5.74) is 3.86. The minimum Gasteiger partial charge on any atom is -0.361 e. The fourth-order valence-corrected chi connectivity index (χ4v) is 3.07. The van der Waals surface area contributed by atoms with E-state index in [4.69, 9.17) is 4.52 Å². The smallest absolute Gasteiger partial charge is 0.191 e. The summed E-state index contributed by atoms with van der Waals surface area (Å²) >= 11 is 0. The molecule has 0 saturated heterocycles. The van der Waals surface area contributed by atoms with E-state index in [0.717, 1.165) is 47.7 Å². The van der Waals surface area contributed by atoms with E-state index in [-0.39, 0.29) is 5.82 Å². The number of nitrogens with one attached hydrogen (secondary N) is 2. The standard InChI is InChI=1S/C21H27FN6O/c1-4-19-18(20(5-2)29-27-19)14-25-21(23-3)24-12-10-16-11-13-28(26-16)17-8-6-15(22)7-9-17/h6-9,11,13H,4-5,10,12,14H2,1-3H3,(H2,23,24,25). The molecule has 0 radical (unpaired) electrons. The van der Waals surface area contributed by atoms with Crippen LogP contribution in [0, 0.1) is 5.82 Å². The fraction of sp³-hybridized carbons (Fsp3) is 0.381. The number of hydrogen-bond donors (Lipinski definition) is 2. The molecule has 2 aromatic heterocycles. The third kappa shape index (κ3) is 5.22. The molecule has 0 fully saturated rings. The molecule has 0 bridgehead atoms. The summed E-state index contributed by atoms with van der Waals surface area (Å²) in [6.07, 6.45) is 4.26. The van der Waals surface area contributed by atoms with Crippen molar-refractivity contribution in [3.8, 4) is 5.69 Å². The van der Waals surface area contributed by atoms with Crippen molar-refractivity contribution in [3.05, 3.63) is 65.1 Å². The molecule has 0 atom stereocenters. The predicted molar refractivity (Wildman–Crippen MR) is 111 cm³/mol. The maximum atomic E-state index is 13.1. The van der Waals surface area contributed by atoms with Crippen molar-refractivity contribution in [1.29, 1.82) is 0 Å². The van der Waals surface area contributed by atoms with Crippen molar-refractivity contribution < 1.29 is 8.91 Å². The zero-order valence-corrected chi connectivity index (χ0v) is 17.1. The van der Waals surface area contributed by atoms with Gasteiger partial charge in [0.1, 0.15) is 11.6 Å². The first-order valence-corrected chi connectivity index (χ1v) is 9.85. The first kappa shape index (κ1) is 20.6. The molecule has 7 nitrogen and oxygen atoms in total. The summed E-state index contributed by atoms with van der Waals surface area (Å²) in [5.74, 6) is 1.37. The molecule has 0 saturated carbocycles. The summed E-state index contributed by atoms with van der Waals surface area (Å²) < 4.78 is 20.2. The Morgan fingerprint density at radius 3 is 2.62 bits per heavy atom. The van der Waals surface area contributed by atoms with Gasteiger partial charge in [-0.05, 0) is 36.8 Å². The maximum Gasteiger partial charge on any atom is 0.191 e. The molecular formula is C21H27FN6O. The molecule has 2 N–H and O–H groups in total. The van der Waals surface area contributed by atoms with Crippen LogP contribution in [0.3, 0.4) is 0 Å². The predicted octanol–water partition coefficient (Wildman–Crippen LogP) is 3.03. The molecule has 0 spiro atoms. The normalized spacial score (nSPS) is 11.7. The monoisotopic (exact) mass is 398 g/mol. The van der Waals surface area contributed by atoms with Crippen molar-refractivity contribution in [2.75, 3.05) is 13.6 Å². The summed E-state index contributed by atoms with van der Waals surface area (Å²) in [6.45, 7) is 5.43. The summed E-state index contributed by atoms with van der Waals surface area (Å²) in [7, 11) is 1.74. The van der Waals surface area contributed by atoms with Gasteiger partial charge in [0.15, 0.2) is 5.96 Å². The lowest BCUT2D eigenvalue weighted by Gasteiger charge is -2.11. The SMILES string of the molecule is CCc1noc(CC)c1CNC(=NC)NCCc1ccn(-c2ccc(F)cc2)n1. The Labute approximate surface area is 170 Å². The van der Waals surface area contributed by atoms with Crippen LogP contribution < -0.4 is 10.6 Å². The Morgan fingerprint density at radius 2 is 1.93 bits per heavy atom. The van der Waals surface area contributed by atoms with Crippen molar-refractivity contribution in [2.45, 2.75) is 39.7 Å². The highest BCUT2D eigenvalue weighted by atomic mass is 19.1. The zero-order valence-electron chi connectivity index (χ0n) is 17.1. The summed E-state index contributed by atoms with van der Waals surface area (Å²) in [6, 6.07) is 8.22. The number of rotatable bonds is 8. The van der Waals surface area contributed by atoms with Crippen molar-refractivity contribution in [1.82, 2.24) is 25.6 Å². The summed E-state index contributed by atoms with van der Waals surface area (Å²) in [4.78, 5) is 4.27. The molecule has 0 unspecified atom stereocenters. The number of aromatic nitrogens is 3. The molecule has 8 heteroatoms. The van der Waals surface area contributed by atoms with Gasteiger partial charge >= 0.3 is 0 Å². The van der Waals surface area contributed by atoms with Gasteiger partial charge in [-0.15, -0.1) is 0 Å². The van der Waals surface area contributed by atoms with Crippen molar-refractivity contribution in [2.24, 2.45) is 4.99 Å². The van der Waals surface area contributed by atoms with Gasteiger partial charge in [-0.1, -0.05) is 19.0 Å². The van der Waals surface area contributed by atoms with Crippen LogP contribution in [-0.2, 0) is 25.8 Å². The van der Waals surface area contributed by atoms with E-state index in [1.165, 1.54) is 12.1 Å². The molecule has 29 heavy (non-hydrogen) atoms. The lowest BCUT2D eigenvalue weighted by atomic mass is 10.1. The van der Waals surface area contributed by atoms with Crippen LogP contribution in [0.1, 0.15) is 36.6 Å². The molecule has 3 aromatic rings. The highest BCUT2D eigenvalue weighted by molar-refractivity contribution is 5.79. The minimum atomic E-state index is -0.257. The van der Waals surface area contributed by atoms with E-state index in [2.05, 4.69) is 39.7 Å². The van der Waals surface area contributed by atoms with Crippen LogP contribution in [0.25, 0.3) is 5.69 Å². The van der Waals surface area contributed by atoms with Crippen molar-refractivity contribution >= 4 is 5.96 Å². The first-order chi connectivity index (χ1) is 14.1. The van der Waals surface area contributed by atoms with Crippen molar-refractivity contribution in [3.63, 3.8) is 0 Å². The molecule has 1 aromatic carbocycles. The van der Waals surface area contributed by atoms with Crippen LogP contribution >= 0.6 is 0 Å². The number of hydrogen-bond acceptors (Lipinski definition) is 4. The first-order valence-electron chi connectivity index (χ1n) is 9.85. The topological polar surface area (TPSA) is 80.3 Å². The van der Waals surface area contributed by atoms with Gasteiger partial charge in [-0.25, -0.2) is 9.07 Å². The molecule has 2 heterocycles. The van der Waals surface area contributed by atoms with E-state index in [0.29, 0.717) is 19.0 Å². The fourth-order valence-electron chi connectivity index (χ4n) is 3.07. The van der Waals surface area contributed by atoms with E-state index in [1.807, 2.05) is 12.3 Å². The molecule has 3 rings (SSSR count). The third-order valence-corrected chi connectivity index (χ3v) is 4.67. The molecule has 0 aliphatic heterocycles. The number of aryl methyl sites for hydroxylation is 2. The van der Waals surface area contributed by atoms with Gasteiger partial charge in [0.25, 0.3) is 0 Å². The number of aliphatic imine (C=N–C) groups is 1. The highest BCUT2D eigenvalue weighted by Crippen LogP contribution is 2.15. The van der Waals surface area contributed by atoms with Gasteiger partial charge in [-0.2, -0.15) is 5.10 Å². The molecule has 0 amide bonds. The molecule has 0 aliphatic carbocycles. The van der Waals surface area contributed by atoms with Crippen LogP contribution in [0.2, 0.25) is 0 Å². The van der Waals surface area contributed by atoms with Crippen LogP contribution in [-0.4, -0.2) is 34.5 Å². The summed E-state index contributed by atoms with van der Waals surface area (Å²) in [5, 5.41) is 15.3. The number of halogens is 1. The van der Waals surface area contributed by atoms with E-state index in [1.54, 1.807) is 23.9 Å². The van der Waals surface area contributed by atoms with Gasteiger partial charge in [-0.3, -0.25) is 4.99 Å². The van der Waals surface area contributed by atoms with E-state index in [9.17, 15) is 4.39 Å². The van der Waals surface area contributed by atoms with Gasteiger partial charge < -0.3 is 15.2 Å².